The second-order valence-corrected chi connectivity index (χ2v) is 1.98. The van der Waals surface area contributed by atoms with E-state index in [1.165, 1.54) is 0 Å². The van der Waals surface area contributed by atoms with Crippen LogP contribution in [0.25, 0.3) is 0 Å². The minimum atomic E-state index is -0.148. The van der Waals surface area contributed by atoms with Crippen LogP contribution < -0.4 is 0 Å². The third kappa shape index (κ3) is 9.83. The maximum Gasteiger partial charge on any atom is 0.0535 e. The van der Waals surface area contributed by atoms with E-state index in [-0.39, 0.29) is 33.1 Å². The van der Waals surface area contributed by atoms with E-state index in [1.54, 1.807) is 6.92 Å². The van der Waals surface area contributed by atoms with Crippen molar-refractivity contribution >= 4 is 27.0 Å². The van der Waals surface area contributed by atoms with Crippen molar-refractivity contribution in [3.05, 3.63) is 0 Å². The van der Waals surface area contributed by atoms with Crippen molar-refractivity contribution < 1.29 is 5.11 Å². The minimum Gasteiger partial charge on any atom is -0.393 e. The molecule has 0 bridgehead atoms. The molecule has 3 heteroatoms. The van der Waals surface area contributed by atoms with Crippen LogP contribution in [-0.4, -0.2) is 11.2 Å². The third-order valence-electron chi connectivity index (χ3n) is 0.965. The molecular formula is C5H16OS2. The van der Waals surface area contributed by atoms with Crippen molar-refractivity contribution in [2.75, 3.05) is 0 Å². The summed E-state index contributed by atoms with van der Waals surface area (Å²) < 4.78 is 0. The summed E-state index contributed by atoms with van der Waals surface area (Å²) in [5.74, 6) is 0.407. The average Bonchev–Trinajstić information content (AvgIpc) is 1.36. The molecule has 0 radical (unpaired) electrons. The average molecular weight is 156 g/mol. The summed E-state index contributed by atoms with van der Waals surface area (Å²) >= 11 is 0. The molecular weight excluding hydrogens is 140 g/mol. The molecule has 1 nitrogen and oxygen atoms in total. The van der Waals surface area contributed by atoms with E-state index in [4.69, 9.17) is 5.11 Å². The van der Waals surface area contributed by atoms with Gasteiger partial charge < -0.3 is 5.11 Å². The number of aliphatic hydroxyl groups excluding tert-OH is 1. The van der Waals surface area contributed by atoms with E-state index >= 15 is 0 Å². The lowest BCUT2D eigenvalue weighted by Crippen LogP contribution is -2.07. The Labute approximate surface area is 65.4 Å². The molecule has 0 amide bonds. The normalized spacial score (nSPS) is 11.6. The van der Waals surface area contributed by atoms with Crippen LogP contribution in [0.1, 0.15) is 20.8 Å². The fraction of sp³-hybridized carbons (Fsp3) is 1.00. The van der Waals surface area contributed by atoms with Gasteiger partial charge >= 0.3 is 0 Å². The van der Waals surface area contributed by atoms with E-state index in [0.717, 1.165) is 0 Å². The smallest absolute Gasteiger partial charge is 0.0535 e. The van der Waals surface area contributed by atoms with Crippen molar-refractivity contribution in [2.24, 2.45) is 5.92 Å². The van der Waals surface area contributed by atoms with Crippen LogP contribution in [0.2, 0.25) is 0 Å². The van der Waals surface area contributed by atoms with Crippen LogP contribution in [0, 0.1) is 5.92 Å². The summed E-state index contributed by atoms with van der Waals surface area (Å²) in [5, 5.41) is 8.63. The van der Waals surface area contributed by atoms with Gasteiger partial charge in [0.05, 0.1) is 6.10 Å². The first-order valence-corrected chi connectivity index (χ1v) is 2.32. The summed E-state index contributed by atoms with van der Waals surface area (Å²) in [6.45, 7) is 5.78. The Morgan fingerprint density at radius 2 is 1.12 bits per heavy atom. The first-order chi connectivity index (χ1) is 2.64. The van der Waals surface area contributed by atoms with Crippen LogP contribution in [0.4, 0.5) is 0 Å². The van der Waals surface area contributed by atoms with Crippen LogP contribution >= 0.6 is 27.0 Å². The van der Waals surface area contributed by atoms with Gasteiger partial charge in [-0.25, -0.2) is 0 Å². The van der Waals surface area contributed by atoms with Gasteiger partial charge in [-0.3, -0.25) is 0 Å². The first kappa shape index (κ1) is 15.9. The van der Waals surface area contributed by atoms with Crippen molar-refractivity contribution in [3.8, 4) is 0 Å². The van der Waals surface area contributed by atoms with Crippen LogP contribution in [0.15, 0.2) is 0 Å². The molecule has 1 atom stereocenters. The molecule has 0 fully saturated rings. The molecule has 0 saturated heterocycles. The van der Waals surface area contributed by atoms with Crippen molar-refractivity contribution in [1.29, 1.82) is 0 Å². The van der Waals surface area contributed by atoms with Gasteiger partial charge in [0.1, 0.15) is 0 Å². The highest BCUT2D eigenvalue weighted by Gasteiger charge is 1.97. The molecule has 0 saturated carbocycles. The predicted molar refractivity (Wildman–Crippen MR) is 47.3 cm³/mol. The zero-order chi connectivity index (χ0) is 5.15. The van der Waals surface area contributed by atoms with Crippen LogP contribution in [0.3, 0.4) is 0 Å². The van der Waals surface area contributed by atoms with Gasteiger partial charge in [0.25, 0.3) is 0 Å². The maximum atomic E-state index is 8.63. The van der Waals surface area contributed by atoms with E-state index < -0.39 is 0 Å². The fourth-order valence-corrected chi connectivity index (χ4v) is 0. The molecule has 0 unspecified atom stereocenters. The molecule has 0 aliphatic rings. The van der Waals surface area contributed by atoms with Crippen molar-refractivity contribution in [3.63, 3.8) is 0 Å². The molecule has 0 aliphatic carbocycles. The van der Waals surface area contributed by atoms with Crippen LogP contribution in [-0.2, 0) is 0 Å². The van der Waals surface area contributed by atoms with E-state index in [2.05, 4.69) is 0 Å². The highest BCUT2D eigenvalue weighted by atomic mass is 32.1. The predicted octanol–water partition coefficient (Wildman–Crippen LogP) is 1.25. The molecule has 1 N–H and O–H groups in total. The SMILES string of the molecule is CC(C)[C@H](C)O.S.S. The molecule has 0 rings (SSSR count). The summed E-state index contributed by atoms with van der Waals surface area (Å²) in [7, 11) is 0. The Kier molecular flexibility index (Phi) is 15.2. The number of hydrogen-bond acceptors (Lipinski definition) is 1. The Balaban J connectivity index is -0.000000125. The first-order valence-electron chi connectivity index (χ1n) is 2.32. The Bertz CT molecular complexity index is 31.4. The highest BCUT2D eigenvalue weighted by molar-refractivity contribution is 7.59. The molecule has 0 aromatic heterocycles. The lowest BCUT2D eigenvalue weighted by molar-refractivity contribution is 0.144. The Hall–Kier alpha value is 0.660. The van der Waals surface area contributed by atoms with Crippen LogP contribution in [0.5, 0.6) is 0 Å². The lowest BCUT2D eigenvalue weighted by Gasteiger charge is -2.04. The van der Waals surface area contributed by atoms with Gasteiger partial charge in [0, 0.05) is 0 Å². The van der Waals surface area contributed by atoms with Crippen molar-refractivity contribution in [2.45, 2.75) is 26.9 Å². The van der Waals surface area contributed by atoms with Gasteiger partial charge in [-0.2, -0.15) is 27.0 Å². The second-order valence-electron chi connectivity index (χ2n) is 1.98. The fourth-order valence-electron chi connectivity index (χ4n) is 0. The largest absolute Gasteiger partial charge is 0.393 e. The Morgan fingerprint density at radius 3 is 1.12 bits per heavy atom. The topological polar surface area (TPSA) is 20.2 Å². The quantitative estimate of drug-likeness (QED) is 0.606. The lowest BCUT2D eigenvalue weighted by atomic mass is 10.1. The third-order valence-corrected chi connectivity index (χ3v) is 0.965. The molecule has 0 aromatic carbocycles. The summed E-state index contributed by atoms with van der Waals surface area (Å²) in [4.78, 5) is 0. The molecule has 0 spiro atoms. The second kappa shape index (κ2) is 7.66. The zero-order valence-corrected chi connectivity index (χ0v) is 7.60. The van der Waals surface area contributed by atoms with Crippen molar-refractivity contribution in [1.82, 2.24) is 0 Å². The summed E-state index contributed by atoms with van der Waals surface area (Å²) in [6.07, 6.45) is -0.148. The van der Waals surface area contributed by atoms with E-state index in [1.807, 2.05) is 13.8 Å². The number of aliphatic hydroxyl groups is 1. The van der Waals surface area contributed by atoms with Gasteiger partial charge in [-0.1, -0.05) is 13.8 Å². The molecule has 0 aromatic rings. The van der Waals surface area contributed by atoms with Gasteiger partial charge in [0.15, 0.2) is 0 Å². The monoisotopic (exact) mass is 156 g/mol. The molecule has 54 valence electrons. The molecule has 0 heterocycles. The zero-order valence-electron chi connectivity index (χ0n) is 5.60. The minimum absolute atomic E-state index is 0. The van der Waals surface area contributed by atoms with Gasteiger partial charge in [0.2, 0.25) is 0 Å². The summed E-state index contributed by atoms with van der Waals surface area (Å²) in [6, 6.07) is 0. The Morgan fingerprint density at radius 1 is 1.00 bits per heavy atom. The van der Waals surface area contributed by atoms with E-state index in [9.17, 15) is 0 Å². The van der Waals surface area contributed by atoms with Gasteiger partial charge in [-0.05, 0) is 12.8 Å². The number of hydrogen-bond donors (Lipinski definition) is 1. The molecule has 8 heavy (non-hydrogen) atoms. The highest BCUT2D eigenvalue weighted by Crippen LogP contribution is 1.96. The van der Waals surface area contributed by atoms with E-state index in [0.29, 0.717) is 5.92 Å². The number of rotatable bonds is 1. The standard InChI is InChI=1S/C5H12O.2H2S/c1-4(2)5(3)6;;/h4-6H,1-3H3;2*1H2/t5-;;/m0../s1. The molecule has 0 aliphatic heterocycles. The van der Waals surface area contributed by atoms with Gasteiger partial charge in [-0.15, -0.1) is 0 Å². The maximum absolute atomic E-state index is 8.63. The summed E-state index contributed by atoms with van der Waals surface area (Å²) in [5.41, 5.74) is 0.